The van der Waals surface area contributed by atoms with Crippen molar-refractivity contribution in [1.29, 1.82) is 0 Å². The lowest BCUT2D eigenvalue weighted by molar-refractivity contribution is -0.139. The van der Waals surface area contributed by atoms with Gasteiger partial charge in [-0.05, 0) is 43.6 Å². The third-order valence-corrected chi connectivity index (χ3v) is 4.85. The minimum absolute atomic E-state index is 0.291. The summed E-state index contributed by atoms with van der Waals surface area (Å²) in [4.78, 5) is 18.2. The van der Waals surface area contributed by atoms with Gasteiger partial charge in [-0.3, -0.25) is 4.57 Å². The molecule has 1 aliphatic heterocycles. The number of rotatable bonds is 3. The molecule has 1 N–H and O–H groups in total. The summed E-state index contributed by atoms with van der Waals surface area (Å²) in [6, 6.07) is 9.54. The van der Waals surface area contributed by atoms with E-state index in [-0.39, 0.29) is 12.0 Å². The van der Waals surface area contributed by atoms with Crippen molar-refractivity contribution in [3.05, 3.63) is 52.7 Å². The van der Waals surface area contributed by atoms with Gasteiger partial charge in [-0.1, -0.05) is 12.1 Å². The molecule has 0 fully saturated rings. The third kappa shape index (κ3) is 2.20. The van der Waals surface area contributed by atoms with E-state index in [1.54, 1.807) is 6.20 Å². The quantitative estimate of drug-likeness (QED) is 0.741. The van der Waals surface area contributed by atoms with Crippen LogP contribution in [-0.4, -0.2) is 26.5 Å². The number of benzene rings is 1. The summed E-state index contributed by atoms with van der Waals surface area (Å²) in [5.74, 6) is 0.407. The second-order valence-corrected chi connectivity index (χ2v) is 6.36. The van der Waals surface area contributed by atoms with Crippen LogP contribution < -0.4 is 5.32 Å². The van der Waals surface area contributed by atoms with Crippen molar-refractivity contribution in [1.82, 2.24) is 13.9 Å². The Labute approximate surface area is 142 Å². The molecule has 3 heterocycles. The van der Waals surface area contributed by atoms with Gasteiger partial charge >= 0.3 is 5.97 Å². The molecule has 6 nitrogen and oxygen atoms in total. The molecule has 2 aromatic heterocycles. The molecule has 0 radical (unpaired) electrons. The second kappa shape index (κ2) is 5.76. The molecule has 1 aliphatic rings. The molecule has 0 saturated carbocycles. The lowest BCUT2D eigenvalue weighted by atomic mass is 10.0. The van der Waals surface area contributed by atoms with E-state index in [2.05, 4.69) is 14.7 Å². The highest BCUT2D eigenvalue weighted by molar-refractivity contribution is 7.05. The normalized spacial score (nSPS) is 16.8. The Morgan fingerprint density at radius 3 is 2.96 bits per heavy atom. The molecule has 0 saturated heterocycles. The lowest BCUT2D eigenvalue weighted by Gasteiger charge is -2.28. The van der Waals surface area contributed by atoms with Gasteiger partial charge in [-0.15, -0.1) is 0 Å². The number of carbonyl (C=O) groups is 1. The number of nitrogens with zero attached hydrogens (tertiary/aromatic N) is 3. The van der Waals surface area contributed by atoms with Gasteiger partial charge in [-0.2, -0.15) is 0 Å². The molecule has 122 valence electrons. The maximum absolute atomic E-state index is 12.6. The van der Waals surface area contributed by atoms with Crippen LogP contribution in [0.15, 0.2) is 47.8 Å². The van der Waals surface area contributed by atoms with E-state index in [1.165, 1.54) is 11.5 Å². The van der Waals surface area contributed by atoms with Gasteiger partial charge in [0.2, 0.25) is 5.95 Å². The van der Waals surface area contributed by atoms with Crippen molar-refractivity contribution >= 4 is 34.5 Å². The highest BCUT2D eigenvalue weighted by Gasteiger charge is 2.35. The summed E-state index contributed by atoms with van der Waals surface area (Å²) in [6.45, 7) is 4.02. The van der Waals surface area contributed by atoms with Gasteiger partial charge in [0.15, 0.2) is 0 Å². The molecule has 1 aromatic carbocycles. The van der Waals surface area contributed by atoms with E-state index in [9.17, 15) is 4.79 Å². The molecule has 0 amide bonds. The summed E-state index contributed by atoms with van der Waals surface area (Å²) < 4.78 is 11.6. The van der Waals surface area contributed by atoms with Gasteiger partial charge in [0.25, 0.3) is 0 Å². The molecular weight excluding hydrogens is 324 g/mol. The minimum Gasteiger partial charge on any atom is -0.463 e. The Balaban J connectivity index is 1.97. The first-order valence-corrected chi connectivity index (χ1v) is 8.50. The smallest absolute Gasteiger partial charge is 0.338 e. The number of imidazole rings is 1. The SMILES string of the molecule is CCOC(=O)C1=C(C)Nc2nc3ccccc3n2C1c1ccns1. The zero-order chi connectivity index (χ0) is 16.7. The summed E-state index contributed by atoms with van der Waals surface area (Å²) in [6.07, 6.45) is 1.75. The zero-order valence-electron chi connectivity index (χ0n) is 13.3. The van der Waals surface area contributed by atoms with Crippen molar-refractivity contribution in [3.63, 3.8) is 0 Å². The van der Waals surface area contributed by atoms with Crippen LogP contribution >= 0.6 is 11.5 Å². The first-order chi connectivity index (χ1) is 11.7. The molecular formula is C17H16N4O2S. The van der Waals surface area contributed by atoms with Crippen LogP contribution in [0, 0.1) is 0 Å². The first-order valence-electron chi connectivity index (χ1n) is 7.73. The van der Waals surface area contributed by atoms with Crippen LogP contribution in [0.5, 0.6) is 0 Å². The maximum Gasteiger partial charge on any atom is 0.338 e. The zero-order valence-corrected chi connectivity index (χ0v) is 14.1. The fraction of sp³-hybridized carbons (Fsp3) is 0.235. The van der Waals surface area contributed by atoms with Crippen LogP contribution in [0.2, 0.25) is 0 Å². The molecule has 4 rings (SSSR count). The third-order valence-electron chi connectivity index (χ3n) is 4.05. The minimum atomic E-state index is -0.315. The average molecular weight is 340 g/mol. The number of hydrogen-bond acceptors (Lipinski definition) is 6. The number of nitrogens with one attached hydrogen (secondary N) is 1. The molecule has 1 unspecified atom stereocenters. The number of esters is 1. The van der Waals surface area contributed by atoms with Crippen LogP contribution in [0.4, 0.5) is 5.95 Å². The Kier molecular flexibility index (Phi) is 3.57. The average Bonchev–Trinajstić information content (AvgIpc) is 3.21. The van der Waals surface area contributed by atoms with Gasteiger partial charge in [0.1, 0.15) is 6.04 Å². The number of para-hydroxylation sites is 2. The molecule has 7 heteroatoms. The molecule has 0 bridgehead atoms. The van der Waals surface area contributed by atoms with Crippen molar-refractivity contribution in [2.24, 2.45) is 0 Å². The van der Waals surface area contributed by atoms with Gasteiger partial charge in [-0.25, -0.2) is 14.2 Å². The van der Waals surface area contributed by atoms with E-state index in [1.807, 2.05) is 48.7 Å². The van der Waals surface area contributed by atoms with Crippen LogP contribution in [0.3, 0.4) is 0 Å². The summed E-state index contributed by atoms with van der Waals surface area (Å²) >= 11 is 1.38. The number of carbonyl (C=O) groups excluding carboxylic acids is 1. The van der Waals surface area contributed by atoms with Crippen LogP contribution in [0.1, 0.15) is 24.8 Å². The van der Waals surface area contributed by atoms with E-state index in [4.69, 9.17) is 4.74 Å². The van der Waals surface area contributed by atoms with Gasteiger partial charge in [0.05, 0.1) is 28.1 Å². The Morgan fingerprint density at radius 1 is 1.38 bits per heavy atom. The fourth-order valence-corrected chi connectivity index (χ4v) is 3.76. The number of aromatic nitrogens is 3. The largest absolute Gasteiger partial charge is 0.463 e. The van der Waals surface area contributed by atoms with Crippen LogP contribution in [-0.2, 0) is 9.53 Å². The Morgan fingerprint density at radius 2 is 2.21 bits per heavy atom. The highest BCUT2D eigenvalue weighted by atomic mass is 32.1. The predicted molar refractivity (Wildman–Crippen MR) is 92.9 cm³/mol. The van der Waals surface area contributed by atoms with Gasteiger partial charge in [0, 0.05) is 11.9 Å². The Bertz CT molecular complexity index is 943. The lowest BCUT2D eigenvalue weighted by Crippen LogP contribution is -2.28. The fourth-order valence-electron chi connectivity index (χ4n) is 3.07. The summed E-state index contributed by atoms with van der Waals surface area (Å²) in [5.41, 5.74) is 3.20. The molecule has 3 aromatic rings. The molecule has 1 atom stereocenters. The maximum atomic E-state index is 12.6. The monoisotopic (exact) mass is 340 g/mol. The summed E-state index contributed by atoms with van der Waals surface area (Å²) in [7, 11) is 0. The van der Waals surface area contributed by atoms with E-state index in [0.717, 1.165) is 27.6 Å². The van der Waals surface area contributed by atoms with Crippen molar-refractivity contribution in [3.8, 4) is 0 Å². The van der Waals surface area contributed by atoms with Crippen molar-refractivity contribution in [2.45, 2.75) is 19.9 Å². The number of ether oxygens (including phenoxy) is 1. The Hall–Kier alpha value is -2.67. The highest BCUT2D eigenvalue weighted by Crippen LogP contribution is 2.40. The number of allylic oxidation sites excluding steroid dienone is 1. The van der Waals surface area contributed by atoms with E-state index >= 15 is 0 Å². The number of hydrogen-bond donors (Lipinski definition) is 1. The van der Waals surface area contributed by atoms with Gasteiger partial charge < -0.3 is 10.1 Å². The van der Waals surface area contributed by atoms with E-state index in [0.29, 0.717) is 12.2 Å². The first kappa shape index (κ1) is 14.9. The summed E-state index contributed by atoms with van der Waals surface area (Å²) in [5, 5.41) is 3.25. The van der Waals surface area contributed by atoms with E-state index < -0.39 is 0 Å². The van der Waals surface area contributed by atoms with Crippen molar-refractivity contribution in [2.75, 3.05) is 11.9 Å². The standard InChI is InChI=1S/C17H16N4O2S/c1-3-23-16(22)14-10(2)19-17-20-11-6-4-5-7-12(11)21(17)15(14)13-8-9-18-24-13/h4-9,15H,3H2,1-2H3,(H,19,20). The van der Waals surface area contributed by atoms with Crippen molar-refractivity contribution < 1.29 is 9.53 Å². The number of fused-ring (bicyclic) bond motifs is 3. The molecule has 0 aliphatic carbocycles. The predicted octanol–water partition coefficient (Wildman–Crippen LogP) is 3.34. The molecule has 0 spiro atoms. The topological polar surface area (TPSA) is 69.0 Å². The second-order valence-electron chi connectivity index (χ2n) is 5.50. The molecule has 24 heavy (non-hydrogen) atoms. The number of anilines is 1. The van der Waals surface area contributed by atoms with Crippen LogP contribution in [0.25, 0.3) is 11.0 Å².